The molecule has 2 fully saturated rings. The van der Waals surface area contributed by atoms with E-state index in [9.17, 15) is 14.0 Å². The number of hydrogen-bond acceptors (Lipinski definition) is 3. The Labute approximate surface area is 183 Å². The Morgan fingerprint density at radius 3 is 2.35 bits per heavy atom. The Kier molecular flexibility index (Phi) is 4.92. The van der Waals surface area contributed by atoms with Crippen molar-refractivity contribution in [3.8, 4) is 0 Å². The maximum atomic E-state index is 14.7. The Morgan fingerprint density at radius 1 is 1.13 bits per heavy atom. The van der Waals surface area contributed by atoms with Gasteiger partial charge in [0, 0.05) is 18.4 Å². The van der Waals surface area contributed by atoms with Gasteiger partial charge in [-0.15, -0.1) is 0 Å². The van der Waals surface area contributed by atoms with Crippen molar-refractivity contribution in [1.29, 1.82) is 0 Å². The highest BCUT2D eigenvalue weighted by atomic mass is 32.1. The topological polar surface area (TPSA) is 61.4 Å². The van der Waals surface area contributed by atoms with E-state index in [4.69, 9.17) is 25.4 Å². The Hall–Kier alpha value is -3.82. The van der Waals surface area contributed by atoms with E-state index >= 15 is 0 Å². The largest absolute Gasteiger partial charge is 0.355 e. The normalized spacial score (nSPS) is 16.6. The molecule has 1 saturated carbocycles. The first-order valence-electron chi connectivity index (χ1n) is 9.47. The summed E-state index contributed by atoms with van der Waals surface area (Å²) in [6.45, 7) is 14.5. The SMILES string of the molecule is [C-]#[N+]c1ccc(N2C(=O)C3(CCC3)N(c3ccc(C(=O)NC)c(F)c3)C2=S)cc1[N+]#[C-]. The number of benzene rings is 2. The van der Waals surface area contributed by atoms with Gasteiger partial charge in [0.15, 0.2) is 16.5 Å². The first-order valence-corrected chi connectivity index (χ1v) is 9.88. The molecule has 9 heteroatoms. The second-order valence-corrected chi connectivity index (χ2v) is 7.65. The number of nitrogens with zero attached hydrogens (tertiary/aromatic N) is 4. The lowest BCUT2D eigenvalue weighted by atomic mass is 9.75. The molecule has 154 valence electrons. The second-order valence-electron chi connectivity index (χ2n) is 7.28. The van der Waals surface area contributed by atoms with Crippen molar-refractivity contribution in [2.24, 2.45) is 0 Å². The Bertz CT molecular complexity index is 1230. The van der Waals surface area contributed by atoms with Gasteiger partial charge in [0.05, 0.1) is 18.7 Å². The van der Waals surface area contributed by atoms with Crippen LogP contribution in [0.4, 0.5) is 27.1 Å². The number of nitrogens with one attached hydrogen (secondary N) is 1. The monoisotopic (exact) mass is 433 g/mol. The zero-order valence-electron chi connectivity index (χ0n) is 16.5. The molecule has 2 aromatic rings. The highest BCUT2D eigenvalue weighted by molar-refractivity contribution is 7.81. The van der Waals surface area contributed by atoms with E-state index in [0.717, 1.165) is 6.42 Å². The number of amides is 2. The van der Waals surface area contributed by atoms with E-state index in [-0.39, 0.29) is 28.0 Å². The molecule has 4 rings (SSSR count). The maximum absolute atomic E-state index is 14.7. The summed E-state index contributed by atoms with van der Waals surface area (Å²) in [4.78, 5) is 35.0. The Morgan fingerprint density at radius 2 is 1.81 bits per heavy atom. The molecular formula is C22H16FN5O2S. The van der Waals surface area contributed by atoms with E-state index in [1.807, 2.05) is 0 Å². The summed E-state index contributed by atoms with van der Waals surface area (Å²) in [5.74, 6) is -1.50. The third kappa shape index (κ3) is 2.94. The van der Waals surface area contributed by atoms with E-state index in [1.54, 1.807) is 17.0 Å². The predicted octanol–water partition coefficient (Wildman–Crippen LogP) is 4.35. The van der Waals surface area contributed by atoms with Crippen molar-refractivity contribution in [1.82, 2.24) is 5.32 Å². The van der Waals surface area contributed by atoms with Crippen LogP contribution in [0.15, 0.2) is 36.4 Å². The summed E-state index contributed by atoms with van der Waals surface area (Å²) in [5, 5.41) is 2.56. The van der Waals surface area contributed by atoms with Crippen LogP contribution in [0, 0.1) is 19.0 Å². The van der Waals surface area contributed by atoms with Gasteiger partial charge >= 0.3 is 0 Å². The van der Waals surface area contributed by atoms with Gasteiger partial charge in [0.2, 0.25) is 0 Å². The van der Waals surface area contributed by atoms with Gasteiger partial charge < -0.3 is 10.2 Å². The Balaban J connectivity index is 1.79. The van der Waals surface area contributed by atoms with Gasteiger partial charge in [-0.05, 0) is 55.7 Å². The zero-order chi connectivity index (χ0) is 22.3. The third-order valence-corrected chi connectivity index (χ3v) is 6.10. The molecule has 0 atom stereocenters. The lowest BCUT2D eigenvalue weighted by Gasteiger charge is -2.43. The summed E-state index contributed by atoms with van der Waals surface area (Å²) in [5.41, 5.74) is 0.0788. The number of halogens is 1. The molecule has 2 aromatic carbocycles. The molecule has 1 aliphatic carbocycles. The molecule has 1 aliphatic heterocycles. The molecule has 1 saturated heterocycles. The van der Waals surface area contributed by atoms with E-state index < -0.39 is 17.3 Å². The van der Waals surface area contributed by atoms with Gasteiger partial charge in [-0.3, -0.25) is 24.2 Å². The van der Waals surface area contributed by atoms with Gasteiger partial charge in [-0.2, -0.15) is 0 Å². The van der Waals surface area contributed by atoms with Gasteiger partial charge in [0.25, 0.3) is 11.8 Å². The quantitative estimate of drug-likeness (QED) is 0.578. The van der Waals surface area contributed by atoms with Crippen LogP contribution in [0.2, 0.25) is 0 Å². The molecule has 7 nitrogen and oxygen atoms in total. The van der Waals surface area contributed by atoms with Crippen molar-refractivity contribution < 1.29 is 14.0 Å². The van der Waals surface area contributed by atoms with E-state index in [0.29, 0.717) is 24.2 Å². The fraction of sp³-hybridized carbons (Fsp3) is 0.227. The molecule has 0 aromatic heterocycles. The average molecular weight is 433 g/mol. The maximum Gasteiger partial charge on any atom is 0.259 e. The van der Waals surface area contributed by atoms with E-state index in [2.05, 4.69) is 15.0 Å². The molecule has 0 unspecified atom stereocenters. The van der Waals surface area contributed by atoms with Crippen LogP contribution in [0.5, 0.6) is 0 Å². The molecule has 1 heterocycles. The summed E-state index contributed by atoms with van der Waals surface area (Å²) >= 11 is 5.63. The summed E-state index contributed by atoms with van der Waals surface area (Å²) in [6, 6.07) is 8.68. The van der Waals surface area contributed by atoms with Crippen molar-refractivity contribution in [2.45, 2.75) is 24.8 Å². The van der Waals surface area contributed by atoms with Crippen LogP contribution < -0.4 is 15.1 Å². The number of hydrogen-bond donors (Lipinski definition) is 1. The lowest BCUT2D eigenvalue weighted by molar-refractivity contribution is -0.123. The molecular weight excluding hydrogens is 417 g/mol. The van der Waals surface area contributed by atoms with Crippen LogP contribution >= 0.6 is 12.2 Å². The number of carbonyl (C=O) groups excluding carboxylic acids is 2. The summed E-state index contributed by atoms with van der Waals surface area (Å²) in [7, 11) is 1.42. The first kappa shape index (κ1) is 20.5. The highest BCUT2D eigenvalue weighted by Crippen LogP contribution is 2.48. The average Bonchev–Trinajstić information content (AvgIpc) is 2.99. The molecule has 2 aliphatic rings. The van der Waals surface area contributed by atoms with Crippen molar-refractivity contribution in [3.63, 3.8) is 0 Å². The van der Waals surface area contributed by atoms with Crippen LogP contribution in [0.1, 0.15) is 29.6 Å². The van der Waals surface area contributed by atoms with Crippen LogP contribution in [-0.4, -0.2) is 29.5 Å². The fourth-order valence-corrected chi connectivity index (χ4v) is 4.47. The van der Waals surface area contributed by atoms with Crippen LogP contribution in [-0.2, 0) is 4.79 Å². The molecule has 0 bridgehead atoms. The minimum absolute atomic E-state index is 0.0985. The minimum Gasteiger partial charge on any atom is -0.355 e. The molecule has 1 N–H and O–H groups in total. The van der Waals surface area contributed by atoms with Crippen molar-refractivity contribution in [3.05, 3.63) is 70.6 Å². The summed E-state index contributed by atoms with van der Waals surface area (Å²) in [6.07, 6.45) is 1.93. The molecule has 2 amide bonds. The van der Waals surface area contributed by atoms with Gasteiger partial charge in [-0.1, -0.05) is 12.1 Å². The van der Waals surface area contributed by atoms with Crippen molar-refractivity contribution >= 4 is 51.9 Å². The van der Waals surface area contributed by atoms with E-state index in [1.165, 1.54) is 36.2 Å². The minimum atomic E-state index is -0.922. The smallest absolute Gasteiger partial charge is 0.259 e. The number of carbonyl (C=O) groups is 2. The van der Waals surface area contributed by atoms with Crippen LogP contribution in [0.25, 0.3) is 9.69 Å². The number of thiocarbonyl (C=S) groups is 1. The van der Waals surface area contributed by atoms with Gasteiger partial charge in [-0.25, -0.2) is 4.39 Å². The van der Waals surface area contributed by atoms with Crippen LogP contribution in [0.3, 0.4) is 0 Å². The molecule has 1 spiro atoms. The zero-order valence-corrected chi connectivity index (χ0v) is 17.3. The van der Waals surface area contributed by atoms with Gasteiger partial charge in [0.1, 0.15) is 11.4 Å². The predicted molar refractivity (Wildman–Crippen MR) is 118 cm³/mol. The fourth-order valence-electron chi connectivity index (χ4n) is 4.01. The lowest BCUT2D eigenvalue weighted by Crippen LogP contribution is -2.55. The highest BCUT2D eigenvalue weighted by Gasteiger charge is 2.59. The third-order valence-electron chi connectivity index (χ3n) is 5.73. The second kappa shape index (κ2) is 7.46. The number of anilines is 2. The summed E-state index contributed by atoms with van der Waals surface area (Å²) < 4.78 is 14.7. The molecule has 31 heavy (non-hydrogen) atoms. The standard InChI is InChI=1S/C22H16FN5O2S/c1-24-17-8-6-13(12-18(17)25-2)27-20(30)22(9-4-10-22)28(21(27)31)14-5-7-15(16(23)11-14)19(29)26-3/h5-8,11-12H,4,9-10H2,3H3,(H,26,29). The molecule has 0 radical (unpaired) electrons. The van der Waals surface area contributed by atoms with Crippen molar-refractivity contribution in [2.75, 3.05) is 16.8 Å². The number of rotatable bonds is 3. The first-order chi connectivity index (χ1) is 14.9.